The molecule has 0 aliphatic carbocycles. The van der Waals surface area contributed by atoms with Gasteiger partial charge in [-0.2, -0.15) is 5.26 Å². The molecular weight excluding hydrogens is 346 g/mol. The molecule has 4 aromatic rings. The second kappa shape index (κ2) is 6.54. The van der Waals surface area contributed by atoms with Crippen LogP contribution in [-0.2, 0) is 5.41 Å². The average Bonchev–Trinajstić information content (AvgIpc) is 3.11. The number of nitrogens with two attached hydrogens (primary N) is 1. The number of hydrogen-bond donors (Lipinski definition) is 1. The maximum absolute atomic E-state index is 9.09. The lowest BCUT2D eigenvalue weighted by molar-refractivity contribution is 0.584. The van der Waals surface area contributed by atoms with Crippen molar-refractivity contribution in [1.29, 1.82) is 5.26 Å². The number of oxazole rings is 1. The first-order valence-electron chi connectivity index (χ1n) is 9.17. The number of nitrogen functional groups attached to an aromatic ring is 1. The van der Waals surface area contributed by atoms with Crippen LogP contribution in [0.15, 0.2) is 65.1 Å². The van der Waals surface area contributed by atoms with E-state index in [2.05, 4.69) is 39.0 Å². The molecule has 0 aliphatic heterocycles. The van der Waals surface area contributed by atoms with Crippen molar-refractivity contribution in [3.8, 4) is 28.7 Å². The van der Waals surface area contributed by atoms with Crippen molar-refractivity contribution in [1.82, 2.24) is 4.98 Å². The number of aromatic nitrogens is 1. The van der Waals surface area contributed by atoms with E-state index in [0.717, 1.165) is 33.4 Å². The molecule has 0 spiro atoms. The minimum Gasteiger partial charge on any atom is -0.436 e. The Morgan fingerprint density at radius 2 is 1.68 bits per heavy atom. The normalized spacial score (nSPS) is 11.5. The third-order valence-corrected chi connectivity index (χ3v) is 4.88. The van der Waals surface area contributed by atoms with Gasteiger partial charge in [0, 0.05) is 11.3 Å². The fourth-order valence-electron chi connectivity index (χ4n) is 3.21. The topological polar surface area (TPSA) is 75.8 Å². The number of benzene rings is 3. The van der Waals surface area contributed by atoms with Crippen molar-refractivity contribution < 1.29 is 4.42 Å². The predicted octanol–water partition coefficient (Wildman–Crippen LogP) is 5.91. The Balaban J connectivity index is 1.98. The number of hydrogen-bond acceptors (Lipinski definition) is 4. The summed E-state index contributed by atoms with van der Waals surface area (Å²) in [6.45, 7) is 6.51. The van der Waals surface area contributed by atoms with Gasteiger partial charge in [-0.3, -0.25) is 0 Å². The molecule has 0 fully saturated rings. The Hall–Kier alpha value is -3.58. The standard InChI is InChI=1S/C24H21N3O/c1-24(2,3)17-12-19(16-10-8-15(14-25)9-11-16)22-21(13-17)28-23(27-22)18-6-4-5-7-20(18)26/h4-13H,26H2,1-3H3. The summed E-state index contributed by atoms with van der Waals surface area (Å²) in [6.07, 6.45) is 0. The first-order valence-corrected chi connectivity index (χ1v) is 9.17. The van der Waals surface area contributed by atoms with Crippen LogP contribution in [0.3, 0.4) is 0 Å². The van der Waals surface area contributed by atoms with Gasteiger partial charge in [0.05, 0.1) is 17.2 Å². The highest BCUT2D eigenvalue weighted by Crippen LogP contribution is 2.37. The summed E-state index contributed by atoms with van der Waals surface area (Å²) in [7, 11) is 0. The van der Waals surface area contributed by atoms with E-state index in [4.69, 9.17) is 20.4 Å². The summed E-state index contributed by atoms with van der Waals surface area (Å²) in [5, 5.41) is 9.09. The summed E-state index contributed by atoms with van der Waals surface area (Å²) < 4.78 is 6.13. The summed E-state index contributed by atoms with van der Waals surface area (Å²) in [6, 6.07) is 21.5. The van der Waals surface area contributed by atoms with E-state index in [0.29, 0.717) is 17.1 Å². The van der Waals surface area contributed by atoms with Crippen LogP contribution in [0.2, 0.25) is 0 Å². The van der Waals surface area contributed by atoms with E-state index in [1.807, 2.05) is 48.5 Å². The van der Waals surface area contributed by atoms with Crippen LogP contribution in [0.25, 0.3) is 33.7 Å². The molecular formula is C24H21N3O. The van der Waals surface area contributed by atoms with Gasteiger partial charge in [-0.25, -0.2) is 4.98 Å². The summed E-state index contributed by atoms with van der Waals surface area (Å²) in [4.78, 5) is 4.77. The molecule has 0 saturated heterocycles. The minimum atomic E-state index is -0.0474. The predicted molar refractivity (Wildman–Crippen MR) is 113 cm³/mol. The zero-order valence-electron chi connectivity index (χ0n) is 16.2. The summed E-state index contributed by atoms with van der Waals surface area (Å²) >= 11 is 0. The molecule has 0 saturated carbocycles. The lowest BCUT2D eigenvalue weighted by Crippen LogP contribution is -2.11. The molecule has 0 aliphatic rings. The van der Waals surface area contributed by atoms with Gasteiger partial charge in [0.25, 0.3) is 0 Å². The average molecular weight is 367 g/mol. The largest absolute Gasteiger partial charge is 0.436 e. The van der Waals surface area contributed by atoms with Crippen LogP contribution in [-0.4, -0.2) is 4.98 Å². The van der Waals surface area contributed by atoms with Gasteiger partial charge in [0.1, 0.15) is 5.52 Å². The molecule has 0 atom stereocenters. The molecule has 0 amide bonds. The molecule has 3 aromatic carbocycles. The molecule has 4 nitrogen and oxygen atoms in total. The number of anilines is 1. The van der Waals surface area contributed by atoms with E-state index in [-0.39, 0.29) is 5.41 Å². The number of nitriles is 1. The number of nitrogens with zero attached hydrogens (tertiary/aromatic N) is 2. The van der Waals surface area contributed by atoms with Crippen molar-refractivity contribution in [3.63, 3.8) is 0 Å². The zero-order chi connectivity index (χ0) is 19.9. The van der Waals surface area contributed by atoms with Gasteiger partial charge in [0.15, 0.2) is 5.58 Å². The summed E-state index contributed by atoms with van der Waals surface area (Å²) in [5.74, 6) is 0.508. The van der Waals surface area contributed by atoms with Crippen LogP contribution in [0.1, 0.15) is 31.9 Å². The SMILES string of the molecule is CC(C)(C)c1cc(-c2ccc(C#N)cc2)c2nc(-c3ccccc3N)oc2c1. The molecule has 138 valence electrons. The second-order valence-electron chi connectivity index (χ2n) is 7.92. The Labute approximate surface area is 164 Å². The van der Waals surface area contributed by atoms with E-state index < -0.39 is 0 Å². The second-order valence-corrected chi connectivity index (χ2v) is 7.92. The van der Waals surface area contributed by atoms with Crippen molar-refractivity contribution in [2.45, 2.75) is 26.2 Å². The zero-order valence-corrected chi connectivity index (χ0v) is 16.2. The van der Waals surface area contributed by atoms with Crippen LogP contribution < -0.4 is 5.73 Å². The van der Waals surface area contributed by atoms with Crippen molar-refractivity contribution in [2.75, 3.05) is 5.73 Å². The fourth-order valence-corrected chi connectivity index (χ4v) is 3.21. The van der Waals surface area contributed by atoms with Gasteiger partial charge >= 0.3 is 0 Å². The van der Waals surface area contributed by atoms with Gasteiger partial charge < -0.3 is 10.2 Å². The molecule has 4 rings (SSSR count). The molecule has 4 heteroatoms. The maximum atomic E-state index is 9.09. The molecule has 1 heterocycles. The van der Waals surface area contributed by atoms with E-state index in [1.165, 1.54) is 0 Å². The highest BCUT2D eigenvalue weighted by atomic mass is 16.3. The van der Waals surface area contributed by atoms with E-state index in [1.54, 1.807) is 0 Å². The first-order chi connectivity index (χ1) is 13.4. The Bertz CT molecular complexity index is 1210. The number of fused-ring (bicyclic) bond motifs is 1. The van der Waals surface area contributed by atoms with Gasteiger partial charge in [-0.15, -0.1) is 0 Å². The molecule has 28 heavy (non-hydrogen) atoms. The maximum Gasteiger partial charge on any atom is 0.229 e. The van der Waals surface area contributed by atoms with Gasteiger partial charge in [0.2, 0.25) is 5.89 Å². The Morgan fingerprint density at radius 3 is 2.32 bits per heavy atom. The quantitative estimate of drug-likeness (QED) is 0.447. The minimum absolute atomic E-state index is 0.0474. The lowest BCUT2D eigenvalue weighted by Gasteiger charge is -2.20. The molecule has 2 N–H and O–H groups in total. The third kappa shape index (κ3) is 3.12. The van der Waals surface area contributed by atoms with Gasteiger partial charge in [-0.05, 0) is 52.9 Å². The van der Waals surface area contributed by atoms with Crippen molar-refractivity contribution in [3.05, 3.63) is 71.8 Å². The Morgan fingerprint density at radius 1 is 0.964 bits per heavy atom. The fraction of sp³-hybridized carbons (Fsp3) is 0.167. The molecule has 0 radical (unpaired) electrons. The Kier molecular flexibility index (Phi) is 4.16. The molecule has 0 unspecified atom stereocenters. The molecule has 1 aromatic heterocycles. The van der Waals surface area contributed by atoms with Crippen LogP contribution in [0.4, 0.5) is 5.69 Å². The highest BCUT2D eigenvalue weighted by molar-refractivity contribution is 5.93. The number of para-hydroxylation sites is 1. The third-order valence-electron chi connectivity index (χ3n) is 4.88. The number of rotatable bonds is 2. The van der Waals surface area contributed by atoms with Crippen LogP contribution in [0.5, 0.6) is 0 Å². The van der Waals surface area contributed by atoms with Crippen molar-refractivity contribution in [2.24, 2.45) is 0 Å². The van der Waals surface area contributed by atoms with E-state index >= 15 is 0 Å². The lowest BCUT2D eigenvalue weighted by atomic mass is 9.85. The molecule has 0 bridgehead atoms. The highest BCUT2D eigenvalue weighted by Gasteiger charge is 2.21. The van der Waals surface area contributed by atoms with Crippen molar-refractivity contribution >= 4 is 16.8 Å². The monoisotopic (exact) mass is 367 g/mol. The van der Waals surface area contributed by atoms with E-state index in [9.17, 15) is 0 Å². The van der Waals surface area contributed by atoms with Gasteiger partial charge in [-0.1, -0.05) is 45.0 Å². The van der Waals surface area contributed by atoms with Crippen LogP contribution in [0, 0.1) is 11.3 Å². The van der Waals surface area contributed by atoms with Crippen LogP contribution >= 0.6 is 0 Å². The first kappa shape index (κ1) is 17.8. The summed E-state index contributed by atoms with van der Waals surface area (Å²) in [5.41, 5.74) is 12.8. The smallest absolute Gasteiger partial charge is 0.229 e.